The van der Waals surface area contributed by atoms with Crippen molar-refractivity contribution in [1.29, 1.82) is 0 Å². The maximum Gasteiger partial charge on any atom is 0.455 e. The molecular weight excluding hydrogens is 676 g/mol. The Morgan fingerprint density at radius 2 is 1.77 bits per heavy atom. The van der Waals surface area contributed by atoms with Crippen molar-refractivity contribution in [2.45, 2.75) is 32.8 Å². The minimum atomic E-state index is -4.82. The first-order valence-corrected chi connectivity index (χ1v) is 14.0. The average Bonchev–Trinajstić information content (AvgIpc) is 3.66. The molecule has 19 heteroatoms. The number of tetrazole rings is 1. The van der Waals surface area contributed by atoms with E-state index < -0.39 is 37.0 Å². The highest BCUT2D eigenvalue weighted by molar-refractivity contribution is 6.32. The largest absolute Gasteiger partial charge is 0.455 e. The second-order valence-electron chi connectivity index (χ2n) is 9.69. The standard InChI is InChI=1S/C28H20Cl2F5N9O3/c1-14-9-16(29)10-19(24(45)37-12-15-4-6-18(7-5-15)47-27(31)32)22(14)38-25(46)21-11-17(13-43-41-26(39-42-43)28(33,34)35)40-44(21)23-20(30)3-2-8-36-23/h2-11,27H,12-13H2,1H3,(H,37,45)(H,38,46). The first-order valence-electron chi connectivity index (χ1n) is 13.3. The molecule has 47 heavy (non-hydrogen) atoms. The molecule has 0 atom stereocenters. The molecule has 12 nitrogen and oxygen atoms in total. The fraction of sp³-hybridized carbons (Fsp3) is 0.179. The molecule has 0 radical (unpaired) electrons. The highest BCUT2D eigenvalue weighted by Gasteiger charge is 2.37. The van der Waals surface area contributed by atoms with Crippen molar-refractivity contribution in [1.82, 2.24) is 40.3 Å². The van der Waals surface area contributed by atoms with Crippen LogP contribution in [0.2, 0.25) is 10.0 Å². The summed E-state index contributed by atoms with van der Waals surface area (Å²) in [5, 5.41) is 19.7. The molecule has 5 rings (SSSR count). The fourth-order valence-corrected chi connectivity index (χ4v) is 4.74. The number of hydrogen-bond acceptors (Lipinski definition) is 8. The van der Waals surface area contributed by atoms with Crippen molar-refractivity contribution in [2.24, 2.45) is 0 Å². The van der Waals surface area contributed by atoms with Crippen molar-refractivity contribution in [2.75, 3.05) is 5.32 Å². The van der Waals surface area contributed by atoms with Gasteiger partial charge in [-0.15, -0.1) is 10.2 Å². The van der Waals surface area contributed by atoms with E-state index in [9.17, 15) is 31.5 Å². The van der Waals surface area contributed by atoms with Crippen molar-refractivity contribution < 1.29 is 36.3 Å². The molecule has 5 aromatic rings. The van der Waals surface area contributed by atoms with Crippen LogP contribution in [-0.4, -0.2) is 53.4 Å². The number of aromatic nitrogens is 7. The smallest absolute Gasteiger partial charge is 0.435 e. The Kier molecular flexibility index (Phi) is 9.67. The van der Waals surface area contributed by atoms with Crippen molar-refractivity contribution in [3.8, 4) is 11.6 Å². The first kappa shape index (κ1) is 33.2. The van der Waals surface area contributed by atoms with E-state index in [-0.39, 0.29) is 50.8 Å². The number of rotatable bonds is 10. The predicted octanol–water partition coefficient (Wildman–Crippen LogP) is 5.72. The maximum absolute atomic E-state index is 13.7. The third kappa shape index (κ3) is 7.98. The zero-order chi connectivity index (χ0) is 33.9. The Bertz CT molecular complexity index is 1930. The number of anilines is 1. The summed E-state index contributed by atoms with van der Waals surface area (Å²) in [7, 11) is 0. The Hall–Kier alpha value is -5.16. The third-order valence-corrected chi connectivity index (χ3v) is 6.84. The normalized spacial score (nSPS) is 11.5. The van der Waals surface area contributed by atoms with E-state index in [1.54, 1.807) is 13.0 Å². The van der Waals surface area contributed by atoms with Crippen molar-refractivity contribution in [3.05, 3.63) is 105 Å². The van der Waals surface area contributed by atoms with Gasteiger partial charge in [-0.25, -0.2) is 9.67 Å². The number of carbonyl (C=O) groups is 2. The lowest BCUT2D eigenvalue weighted by Gasteiger charge is -2.15. The highest BCUT2D eigenvalue weighted by Crippen LogP contribution is 2.28. The molecule has 0 aliphatic heterocycles. The van der Waals surface area contributed by atoms with Gasteiger partial charge in [-0.05, 0) is 65.7 Å². The average molecular weight is 696 g/mol. The van der Waals surface area contributed by atoms with Crippen LogP contribution in [0, 0.1) is 6.92 Å². The molecule has 2 N–H and O–H groups in total. The lowest BCUT2D eigenvalue weighted by Crippen LogP contribution is -2.26. The minimum absolute atomic E-state index is 0.00495. The number of nitrogens with zero attached hydrogens (tertiary/aromatic N) is 7. The van der Waals surface area contributed by atoms with E-state index in [0.29, 0.717) is 15.9 Å². The maximum atomic E-state index is 13.7. The molecule has 2 amide bonds. The number of aryl methyl sites for hydroxylation is 1. The Morgan fingerprint density at radius 3 is 2.43 bits per heavy atom. The zero-order valence-corrected chi connectivity index (χ0v) is 25.3. The Morgan fingerprint density at radius 1 is 1.02 bits per heavy atom. The van der Waals surface area contributed by atoms with Crippen LogP contribution in [0.4, 0.5) is 27.6 Å². The van der Waals surface area contributed by atoms with Gasteiger partial charge in [-0.1, -0.05) is 35.3 Å². The predicted molar refractivity (Wildman–Crippen MR) is 157 cm³/mol. The number of carbonyl (C=O) groups excluding carboxylic acids is 2. The van der Waals surface area contributed by atoms with Crippen LogP contribution in [-0.2, 0) is 19.3 Å². The summed E-state index contributed by atoms with van der Waals surface area (Å²) < 4.78 is 69.2. The van der Waals surface area contributed by atoms with E-state index in [1.807, 2.05) is 0 Å². The monoisotopic (exact) mass is 695 g/mol. The quantitative estimate of drug-likeness (QED) is 0.177. The number of nitrogens with one attached hydrogen (secondary N) is 2. The molecule has 0 saturated carbocycles. The van der Waals surface area contributed by atoms with Crippen LogP contribution >= 0.6 is 23.2 Å². The van der Waals surface area contributed by atoms with Crippen molar-refractivity contribution in [3.63, 3.8) is 0 Å². The second kappa shape index (κ2) is 13.7. The van der Waals surface area contributed by atoms with E-state index in [2.05, 4.69) is 40.9 Å². The number of pyridine rings is 1. The van der Waals surface area contributed by atoms with Crippen LogP contribution in [0.25, 0.3) is 5.82 Å². The van der Waals surface area contributed by atoms with E-state index >= 15 is 0 Å². The summed E-state index contributed by atoms with van der Waals surface area (Å²) in [4.78, 5) is 31.9. The number of benzene rings is 2. The van der Waals surface area contributed by atoms with Gasteiger partial charge in [0.15, 0.2) is 5.82 Å². The zero-order valence-electron chi connectivity index (χ0n) is 23.8. The molecule has 3 heterocycles. The van der Waals surface area contributed by atoms with Gasteiger partial charge in [-0.3, -0.25) is 9.59 Å². The van der Waals surface area contributed by atoms with Crippen LogP contribution in [0.3, 0.4) is 0 Å². The van der Waals surface area contributed by atoms with Gasteiger partial charge in [0.1, 0.15) is 18.0 Å². The number of alkyl halides is 5. The molecule has 3 aromatic heterocycles. The number of amides is 2. The second-order valence-corrected chi connectivity index (χ2v) is 10.5. The molecule has 0 unspecified atom stereocenters. The molecule has 244 valence electrons. The number of halogens is 7. The summed E-state index contributed by atoms with van der Waals surface area (Å²) in [5.41, 5.74) is 0.971. The van der Waals surface area contributed by atoms with Crippen LogP contribution < -0.4 is 15.4 Å². The van der Waals surface area contributed by atoms with Gasteiger partial charge in [0.05, 0.1) is 22.0 Å². The molecule has 0 aliphatic rings. The highest BCUT2D eigenvalue weighted by atomic mass is 35.5. The summed E-state index contributed by atoms with van der Waals surface area (Å²) in [6.45, 7) is -1.78. The number of ether oxygens (including phenoxy) is 1. The molecule has 0 aliphatic carbocycles. The topological polar surface area (TPSA) is 142 Å². The summed E-state index contributed by atoms with van der Waals surface area (Å²) in [5.74, 6) is -2.89. The Balaban J connectivity index is 1.42. The van der Waals surface area contributed by atoms with Gasteiger partial charge >= 0.3 is 12.8 Å². The van der Waals surface area contributed by atoms with Gasteiger partial charge < -0.3 is 15.4 Å². The summed E-state index contributed by atoms with van der Waals surface area (Å²) >= 11 is 12.6. The molecule has 2 aromatic carbocycles. The summed E-state index contributed by atoms with van der Waals surface area (Å²) in [6.07, 6.45) is -3.43. The van der Waals surface area contributed by atoms with E-state index in [4.69, 9.17) is 23.2 Å². The summed E-state index contributed by atoms with van der Waals surface area (Å²) in [6, 6.07) is 12.8. The van der Waals surface area contributed by atoms with Crippen LogP contribution in [0.15, 0.2) is 60.8 Å². The van der Waals surface area contributed by atoms with Gasteiger partial charge in [-0.2, -0.15) is 31.8 Å². The van der Waals surface area contributed by atoms with Crippen LogP contribution in [0.1, 0.15) is 43.5 Å². The molecule has 0 saturated heterocycles. The lowest BCUT2D eigenvalue weighted by molar-refractivity contribution is -0.145. The minimum Gasteiger partial charge on any atom is -0.435 e. The van der Waals surface area contributed by atoms with E-state index in [1.165, 1.54) is 54.7 Å². The molecule has 0 fully saturated rings. The SMILES string of the molecule is Cc1cc(Cl)cc(C(=O)NCc2ccc(OC(F)F)cc2)c1NC(=O)c1cc(Cn2nnc(C(F)(F)F)n2)nn1-c1ncccc1Cl. The number of hydrogen-bond donors (Lipinski definition) is 2. The van der Waals surface area contributed by atoms with Gasteiger partial charge in [0, 0.05) is 17.8 Å². The molecular formula is C28H20Cl2F5N9O3. The van der Waals surface area contributed by atoms with E-state index in [0.717, 1.165) is 4.68 Å². The first-order chi connectivity index (χ1) is 22.3. The molecule has 0 spiro atoms. The fourth-order valence-electron chi connectivity index (χ4n) is 4.26. The Labute approximate surface area is 271 Å². The van der Waals surface area contributed by atoms with Gasteiger partial charge in [0.2, 0.25) is 0 Å². The van der Waals surface area contributed by atoms with Crippen molar-refractivity contribution >= 4 is 40.7 Å². The van der Waals surface area contributed by atoms with Gasteiger partial charge in [0.25, 0.3) is 17.6 Å². The van der Waals surface area contributed by atoms with Crippen LogP contribution in [0.5, 0.6) is 5.75 Å². The lowest BCUT2D eigenvalue weighted by atomic mass is 10.1. The third-order valence-electron chi connectivity index (χ3n) is 6.33. The molecule has 0 bridgehead atoms.